The Bertz CT molecular complexity index is 88.5. The molecule has 0 unspecified atom stereocenters. The van der Waals surface area contributed by atoms with Gasteiger partial charge < -0.3 is 0 Å². The van der Waals surface area contributed by atoms with Gasteiger partial charge >= 0.3 is 0 Å². The molecule has 0 spiro atoms. The molecule has 1 heterocycles. The quantitative estimate of drug-likeness (QED) is 0.484. The topological polar surface area (TPSA) is 0 Å². The highest BCUT2D eigenvalue weighted by Gasteiger charge is 2.32. The Labute approximate surface area is 59.2 Å². The van der Waals surface area contributed by atoms with Crippen LogP contribution in [-0.2, 0) is 0 Å². The molecule has 0 aromatic carbocycles. The lowest BCUT2D eigenvalue weighted by Gasteiger charge is -2.19. The predicted octanol–water partition coefficient (Wildman–Crippen LogP) is 2.80. The highest BCUT2D eigenvalue weighted by atomic mass is 33.1. The Morgan fingerprint density at radius 1 is 1.50 bits per heavy atom. The highest BCUT2D eigenvalue weighted by molar-refractivity contribution is 8.77. The largest absolute Gasteiger partial charge is 0.0933 e. The van der Waals surface area contributed by atoms with Gasteiger partial charge in [0.2, 0.25) is 0 Å². The third-order valence-corrected chi connectivity index (χ3v) is 5.41. The summed E-state index contributed by atoms with van der Waals surface area (Å²) in [7, 11) is 4.03. The van der Waals surface area contributed by atoms with E-state index in [2.05, 4.69) is 20.8 Å². The zero-order chi connectivity index (χ0) is 6.20. The van der Waals surface area contributed by atoms with Crippen molar-refractivity contribution in [3.8, 4) is 0 Å². The first-order valence-corrected chi connectivity index (χ1v) is 5.25. The fraction of sp³-hybridized carbons (Fsp3) is 1.00. The zero-order valence-corrected chi connectivity index (χ0v) is 7.23. The van der Waals surface area contributed by atoms with E-state index in [0.29, 0.717) is 4.75 Å². The van der Waals surface area contributed by atoms with Gasteiger partial charge in [-0.1, -0.05) is 28.5 Å². The molecule has 48 valence electrons. The maximum Gasteiger partial charge on any atom is 0.0241 e. The smallest absolute Gasteiger partial charge is 0.0241 e. The summed E-state index contributed by atoms with van der Waals surface area (Å²) in [6.45, 7) is 6.97. The Balaban J connectivity index is 2.54. The van der Waals surface area contributed by atoms with E-state index in [0.717, 1.165) is 5.92 Å². The van der Waals surface area contributed by atoms with Gasteiger partial charge in [0, 0.05) is 10.5 Å². The van der Waals surface area contributed by atoms with Crippen molar-refractivity contribution in [3.63, 3.8) is 0 Å². The lowest BCUT2D eigenvalue weighted by molar-refractivity contribution is 0.522. The molecule has 0 saturated carbocycles. The average molecular weight is 148 g/mol. The van der Waals surface area contributed by atoms with Gasteiger partial charge in [-0.15, -0.1) is 0 Å². The van der Waals surface area contributed by atoms with Crippen molar-refractivity contribution in [3.05, 3.63) is 0 Å². The van der Waals surface area contributed by atoms with Gasteiger partial charge in [0.15, 0.2) is 0 Å². The highest BCUT2D eigenvalue weighted by Crippen LogP contribution is 2.49. The summed E-state index contributed by atoms with van der Waals surface area (Å²) in [4.78, 5) is 0. The maximum atomic E-state index is 2.33. The third-order valence-electron chi connectivity index (χ3n) is 1.78. The monoisotopic (exact) mass is 148 g/mol. The van der Waals surface area contributed by atoms with Gasteiger partial charge in [-0.25, -0.2) is 0 Å². The third kappa shape index (κ3) is 1.16. The normalized spacial score (nSPS) is 35.6. The van der Waals surface area contributed by atoms with E-state index in [1.807, 2.05) is 21.6 Å². The summed E-state index contributed by atoms with van der Waals surface area (Å²) < 4.78 is 0.532. The van der Waals surface area contributed by atoms with Gasteiger partial charge in [-0.3, -0.25) is 0 Å². The molecule has 0 amide bonds. The van der Waals surface area contributed by atoms with Crippen LogP contribution in [0.25, 0.3) is 0 Å². The fourth-order valence-electron chi connectivity index (χ4n) is 0.571. The van der Waals surface area contributed by atoms with Crippen LogP contribution in [0.1, 0.15) is 20.8 Å². The number of hydrogen-bond acceptors (Lipinski definition) is 2. The fourth-order valence-corrected chi connectivity index (χ4v) is 4.14. The summed E-state index contributed by atoms with van der Waals surface area (Å²) in [5, 5.41) is 0. The van der Waals surface area contributed by atoms with E-state index in [-0.39, 0.29) is 0 Å². The van der Waals surface area contributed by atoms with Crippen molar-refractivity contribution in [2.45, 2.75) is 25.5 Å². The molecular weight excluding hydrogens is 136 g/mol. The van der Waals surface area contributed by atoms with Gasteiger partial charge in [0.05, 0.1) is 0 Å². The summed E-state index contributed by atoms with van der Waals surface area (Å²) in [6, 6.07) is 0. The standard InChI is InChI=1S/C6H12S2/c1-5-4-7-8-6(5,2)3/h5H,4H2,1-3H3/t5-/m1/s1. The minimum atomic E-state index is 0.532. The summed E-state index contributed by atoms with van der Waals surface area (Å²) in [5.74, 6) is 2.22. The van der Waals surface area contributed by atoms with Gasteiger partial charge in [0.25, 0.3) is 0 Å². The first-order chi connectivity index (χ1) is 3.63. The van der Waals surface area contributed by atoms with E-state index in [1.54, 1.807) is 0 Å². The first-order valence-electron chi connectivity index (χ1n) is 2.93. The van der Waals surface area contributed by atoms with Crippen LogP contribution in [0.3, 0.4) is 0 Å². The van der Waals surface area contributed by atoms with Crippen molar-refractivity contribution in [1.82, 2.24) is 0 Å². The molecule has 1 fully saturated rings. The molecule has 0 aromatic rings. The molecular formula is C6H12S2. The molecule has 1 aliphatic rings. The lowest BCUT2D eigenvalue weighted by atomic mass is 9.99. The van der Waals surface area contributed by atoms with Crippen molar-refractivity contribution in [1.29, 1.82) is 0 Å². The molecule has 0 N–H and O–H groups in total. The second kappa shape index (κ2) is 2.14. The van der Waals surface area contributed by atoms with E-state index < -0.39 is 0 Å². The van der Waals surface area contributed by atoms with Gasteiger partial charge in [0.1, 0.15) is 0 Å². The molecule has 1 saturated heterocycles. The van der Waals surface area contributed by atoms with E-state index in [1.165, 1.54) is 5.75 Å². The lowest BCUT2D eigenvalue weighted by Crippen LogP contribution is -2.20. The SMILES string of the molecule is C[C@@H]1CSSC1(C)C. The molecule has 2 heteroatoms. The summed E-state index contributed by atoms with van der Waals surface area (Å²) >= 11 is 0. The second-order valence-electron chi connectivity index (χ2n) is 2.87. The van der Waals surface area contributed by atoms with E-state index in [9.17, 15) is 0 Å². The van der Waals surface area contributed by atoms with Crippen molar-refractivity contribution < 1.29 is 0 Å². The van der Waals surface area contributed by atoms with Crippen molar-refractivity contribution in [2.75, 3.05) is 5.75 Å². The number of hydrogen-bond donors (Lipinski definition) is 0. The van der Waals surface area contributed by atoms with Crippen LogP contribution in [0, 0.1) is 5.92 Å². The van der Waals surface area contributed by atoms with Crippen LogP contribution < -0.4 is 0 Å². The molecule has 1 atom stereocenters. The minimum Gasteiger partial charge on any atom is -0.0933 e. The Morgan fingerprint density at radius 2 is 2.12 bits per heavy atom. The molecule has 0 aliphatic carbocycles. The molecule has 0 radical (unpaired) electrons. The van der Waals surface area contributed by atoms with Crippen LogP contribution >= 0.6 is 21.6 Å². The van der Waals surface area contributed by atoms with Crippen LogP contribution in [0.15, 0.2) is 0 Å². The molecule has 0 bridgehead atoms. The Kier molecular flexibility index (Phi) is 1.83. The maximum absolute atomic E-state index is 2.33. The Morgan fingerprint density at radius 3 is 2.25 bits per heavy atom. The van der Waals surface area contributed by atoms with Gasteiger partial charge in [-0.05, 0) is 19.8 Å². The Hall–Kier alpha value is 0.700. The van der Waals surface area contributed by atoms with E-state index >= 15 is 0 Å². The summed E-state index contributed by atoms with van der Waals surface area (Å²) in [6.07, 6.45) is 0. The van der Waals surface area contributed by atoms with Crippen LogP contribution in [0.2, 0.25) is 0 Å². The minimum absolute atomic E-state index is 0.532. The molecule has 0 aromatic heterocycles. The van der Waals surface area contributed by atoms with Crippen LogP contribution in [0.4, 0.5) is 0 Å². The van der Waals surface area contributed by atoms with Crippen LogP contribution in [-0.4, -0.2) is 10.5 Å². The van der Waals surface area contributed by atoms with E-state index in [4.69, 9.17) is 0 Å². The van der Waals surface area contributed by atoms with Crippen molar-refractivity contribution in [2.24, 2.45) is 5.92 Å². The molecule has 1 aliphatic heterocycles. The van der Waals surface area contributed by atoms with Crippen LogP contribution in [0.5, 0.6) is 0 Å². The predicted molar refractivity (Wildman–Crippen MR) is 43.3 cm³/mol. The zero-order valence-electron chi connectivity index (χ0n) is 5.60. The van der Waals surface area contributed by atoms with Gasteiger partial charge in [-0.2, -0.15) is 0 Å². The molecule has 0 nitrogen and oxygen atoms in total. The molecule has 8 heavy (non-hydrogen) atoms. The molecule has 1 rings (SSSR count). The second-order valence-corrected chi connectivity index (χ2v) is 5.87. The number of rotatable bonds is 0. The average Bonchev–Trinajstić information content (AvgIpc) is 1.86. The first kappa shape index (κ1) is 6.81. The summed E-state index contributed by atoms with van der Waals surface area (Å²) in [5.41, 5.74) is 0. The van der Waals surface area contributed by atoms with Crippen molar-refractivity contribution >= 4 is 21.6 Å².